The lowest BCUT2D eigenvalue weighted by atomic mass is 10.0. The molecule has 20 heavy (non-hydrogen) atoms. The van der Waals surface area contributed by atoms with Crippen LogP contribution in [-0.4, -0.2) is 17.7 Å². The van der Waals surface area contributed by atoms with Crippen molar-refractivity contribution in [3.05, 3.63) is 77.9 Å². The second-order valence-electron chi connectivity index (χ2n) is 4.32. The van der Waals surface area contributed by atoms with E-state index < -0.39 is 5.97 Å². The Morgan fingerprint density at radius 3 is 2.50 bits per heavy atom. The number of carboxylic acids is 1. The molecule has 0 aliphatic rings. The summed E-state index contributed by atoms with van der Waals surface area (Å²) in [7, 11) is 0. The van der Waals surface area contributed by atoms with Gasteiger partial charge in [-0.15, -0.1) is 0 Å². The number of aliphatic carboxylic acids is 1. The van der Waals surface area contributed by atoms with E-state index in [1.165, 1.54) is 11.6 Å². The molecule has 0 saturated carbocycles. The molecular formula is C17H16O3. The highest BCUT2D eigenvalue weighted by Crippen LogP contribution is 2.21. The smallest absolute Gasteiger partial charge is 0.328 e. The first kappa shape index (κ1) is 13.9. The Hall–Kier alpha value is -2.55. The van der Waals surface area contributed by atoms with Gasteiger partial charge in [-0.05, 0) is 23.3 Å². The third-order valence-electron chi connectivity index (χ3n) is 2.81. The van der Waals surface area contributed by atoms with Gasteiger partial charge in [0.05, 0.1) is 0 Å². The van der Waals surface area contributed by atoms with E-state index in [1.54, 1.807) is 0 Å². The minimum atomic E-state index is -0.967. The molecule has 0 aliphatic carbocycles. The van der Waals surface area contributed by atoms with Gasteiger partial charge in [0.1, 0.15) is 12.4 Å². The fourth-order valence-electron chi connectivity index (χ4n) is 1.89. The van der Waals surface area contributed by atoms with Crippen LogP contribution in [0, 0.1) is 0 Å². The Labute approximate surface area is 118 Å². The van der Waals surface area contributed by atoms with Gasteiger partial charge in [0.2, 0.25) is 0 Å². The van der Waals surface area contributed by atoms with Crippen molar-refractivity contribution in [3.8, 4) is 5.75 Å². The number of carbonyl (C=O) groups is 1. The number of hydrogen-bond acceptors (Lipinski definition) is 2. The molecule has 0 heterocycles. The van der Waals surface area contributed by atoms with Crippen LogP contribution in [0.2, 0.25) is 0 Å². The van der Waals surface area contributed by atoms with Crippen molar-refractivity contribution in [1.29, 1.82) is 0 Å². The lowest BCUT2D eigenvalue weighted by Gasteiger charge is -2.10. The SMILES string of the molecule is O=C(O)C=CCOc1ccccc1Cc1ccccc1. The van der Waals surface area contributed by atoms with Crippen LogP contribution >= 0.6 is 0 Å². The molecule has 0 fully saturated rings. The second kappa shape index (κ2) is 7.14. The van der Waals surface area contributed by atoms with E-state index in [2.05, 4.69) is 12.1 Å². The van der Waals surface area contributed by atoms with Crippen LogP contribution in [0.5, 0.6) is 5.75 Å². The van der Waals surface area contributed by atoms with E-state index >= 15 is 0 Å². The monoisotopic (exact) mass is 268 g/mol. The zero-order valence-corrected chi connectivity index (χ0v) is 11.0. The lowest BCUT2D eigenvalue weighted by molar-refractivity contribution is -0.131. The third kappa shape index (κ3) is 4.28. The van der Waals surface area contributed by atoms with Gasteiger partial charge in [-0.25, -0.2) is 4.79 Å². The first-order valence-corrected chi connectivity index (χ1v) is 6.40. The van der Waals surface area contributed by atoms with Crippen molar-refractivity contribution in [2.45, 2.75) is 6.42 Å². The van der Waals surface area contributed by atoms with Crippen LogP contribution in [0.25, 0.3) is 0 Å². The fraction of sp³-hybridized carbons (Fsp3) is 0.118. The van der Waals surface area contributed by atoms with Crippen LogP contribution in [0.3, 0.4) is 0 Å². The average molecular weight is 268 g/mol. The summed E-state index contributed by atoms with van der Waals surface area (Å²) in [5.74, 6) is -0.183. The molecule has 2 aromatic carbocycles. The Morgan fingerprint density at radius 1 is 1.05 bits per heavy atom. The molecule has 0 spiro atoms. The lowest BCUT2D eigenvalue weighted by Crippen LogP contribution is -1.99. The van der Waals surface area contributed by atoms with Crippen molar-refractivity contribution < 1.29 is 14.6 Å². The van der Waals surface area contributed by atoms with E-state index in [9.17, 15) is 4.79 Å². The van der Waals surface area contributed by atoms with Crippen molar-refractivity contribution in [1.82, 2.24) is 0 Å². The molecule has 0 atom stereocenters. The fourth-order valence-corrected chi connectivity index (χ4v) is 1.89. The van der Waals surface area contributed by atoms with Gasteiger partial charge in [-0.2, -0.15) is 0 Å². The maximum atomic E-state index is 10.4. The summed E-state index contributed by atoms with van der Waals surface area (Å²) in [5.41, 5.74) is 2.30. The van der Waals surface area contributed by atoms with Crippen molar-refractivity contribution >= 4 is 5.97 Å². The molecule has 3 nitrogen and oxygen atoms in total. The zero-order chi connectivity index (χ0) is 14.2. The number of ether oxygens (including phenoxy) is 1. The van der Waals surface area contributed by atoms with Crippen LogP contribution in [0.15, 0.2) is 66.7 Å². The van der Waals surface area contributed by atoms with Crippen molar-refractivity contribution in [2.75, 3.05) is 6.61 Å². The summed E-state index contributed by atoms with van der Waals surface area (Å²) < 4.78 is 5.61. The summed E-state index contributed by atoms with van der Waals surface area (Å²) >= 11 is 0. The zero-order valence-electron chi connectivity index (χ0n) is 11.0. The van der Waals surface area contributed by atoms with Gasteiger partial charge in [0.15, 0.2) is 0 Å². The molecule has 0 aliphatic heterocycles. The summed E-state index contributed by atoms with van der Waals surface area (Å²) in [6, 6.07) is 17.9. The highest BCUT2D eigenvalue weighted by atomic mass is 16.5. The van der Waals surface area contributed by atoms with Crippen molar-refractivity contribution in [2.24, 2.45) is 0 Å². The maximum Gasteiger partial charge on any atom is 0.328 e. The minimum absolute atomic E-state index is 0.248. The van der Waals surface area contributed by atoms with Gasteiger partial charge >= 0.3 is 5.97 Å². The van der Waals surface area contributed by atoms with Crippen LogP contribution in [0.4, 0.5) is 0 Å². The van der Waals surface area contributed by atoms with Gasteiger partial charge in [0.25, 0.3) is 0 Å². The van der Waals surface area contributed by atoms with E-state index in [0.29, 0.717) is 0 Å². The Balaban J connectivity index is 2.04. The molecule has 0 saturated heterocycles. The quantitative estimate of drug-likeness (QED) is 0.818. The predicted molar refractivity (Wildman–Crippen MR) is 78.0 cm³/mol. The highest BCUT2D eigenvalue weighted by Gasteiger charge is 2.03. The largest absolute Gasteiger partial charge is 0.489 e. The molecular weight excluding hydrogens is 252 g/mol. The molecule has 3 heteroatoms. The van der Waals surface area contributed by atoms with Crippen LogP contribution in [0.1, 0.15) is 11.1 Å². The average Bonchev–Trinajstić information content (AvgIpc) is 2.46. The molecule has 0 aromatic heterocycles. The van der Waals surface area contributed by atoms with Crippen molar-refractivity contribution in [3.63, 3.8) is 0 Å². The number of benzene rings is 2. The van der Waals surface area contributed by atoms with Gasteiger partial charge in [0, 0.05) is 12.5 Å². The summed E-state index contributed by atoms with van der Waals surface area (Å²) in [5, 5.41) is 8.52. The first-order valence-electron chi connectivity index (χ1n) is 6.40. The second-order valence-corrected chi connectivity index (χ2v) is 4.32. The third-order valence-corrected chi connectivity index (χ3v) is 2.81. The van der Waals surface area contributed by atoms with Crippen LogP contribution in [-0.2, 0) is 11.2 Å². The maximum absolute atomic E-state index is 10.4. The molecule has 0 unspecified atom stereocenters. The van der Waals surface area contributed by atoms with Gasteiger partial charge < -0.3 is 9.84 Å². The molecule has 0 amide bonds. The van der Waals surface area contributed by atoms with E-state index in [0.717, 1.165) is 23.8 Å². The molecule has 1 N–H and O–H groups in total. The van der Waals surface area contributed by atoms with E-state index in [1.807, 2.05) is 42.5 Å². The summed E-state index contributed by atoms with van der Waals surface area (Å²) in [4.78, 5) is 10.4. The molecule has 2 rings (SSSR count). The minimum Gasteiger partial charge on any atom is -0.489 e. The topological polar surface area (TPSA) is 46.5 Å². The standard InChI is InChI=1S/C17H16O3/c18-17(19)11-6-12-20-16-10-5-4-9-15(16)13-14-7-2-1-3-8-14/h1-11H,12-13H2,(H,18,19). The Kier molecular flexibility index (Phi) is 4.95. The summed E-state index contributed by atoms with van der Waals surface area (Å²) in [6.45, 7) is 0.248. The predicted octanol–water partition coefficient (Wildman–Crippen LogP) is 3.30. The molecule has 102 valence electrons. The van der Waals surface area contributed by atoms with E-state index in [-0.39, 0.29) is 6.61 Å². The van der Waals surface area contributed by atoms with Gasteiger partial charge in [-0.1, -0.05) is 48.5 Å². The number of para-hydroxylation sites is 1. The number of rotatable bonds is 6. The number of carboxylic acid groups (broad SMARTS) is 1. The van der Waals surface area contributed by atoms with Gasteiger partial charge in [-0.3, -0.25) is 0 Å². The molecule has 2 aromatic rings. The summed E-state index contributed by atoms with van der Waals surface area (Å²) in [6.07, 6.45) is 3.36. The highest BCUT2D eigenvalue weighted by molar-refractivity contribution is 5.79. The number of hydrogen-bond donors (Lipinski definition) is 1. The Morgan fingerprint density at radius 2 is 1.75 bits per heavy atom. The van der Waals surface area contributed by atoms with Crippen LogP contribution < -0.4 is 4.74 Å². The normalized spacial score (nSPS) is 10.6. The first-order chi connectivity index (χ1) is 9.75. The van der Waals surface area contributed by atoms with E-state index in [4.69, 9.17) is 9.84 Å². The molecule has 0 bridgehead atoms. The molecule has 0 radical (unpaired) electrons. The Bertz CT molecular complexity index is 588.